The zero-order valence-electron chi connectivity index (χ0n) is 18.1. The van der Waals surface area contributed by atoms with Gasteiger partial charge in [-0.2, -0.15) is 0 Å². The lowest BCUT2D eigenvalue weighted by Gasteiger charge is -2.05. The van der Waals surface area contributed by atoms with Crippen molar-refractivity contribution < 1.29 is 0 Å². The highest BCUT2D eigenvalue weighted by Crippen LogP contribution is 2.15. The predicted molar refractivity (Wildman–Crippen MR) is 117 cm³/mol. The second kappa shape index (κ2) is 22.0. The molecule has 0 aromatic heterocycles. The smallest absolute Gasteiger partial charge is 0.0471 e. The van der Waals surface area contributed by atoms with Gasteiger partial charge in [0.1, 0.15) is 0 Å². The minimum Gasteiger partial charge on any atom is -0.0628 e. The van der Waals surface area contributed by atoms with Crippen LogP contribution in [0, 0.1) is 12.8 Å². The van der Waals surface area contributed by atoms with Crippen LogP contribution in [-0.4, -0.2) is 0 Å². The van der Waals surface area contributed by atoms with Crippen molar-refractivity contribution in [3.05, 3.63) is 6.92 Å². The molecule has 0 heteroatoms. The van der Waals surface area contributed by atoms with Crippen LogP contribution >= 0.6 is 0 Å². The molecule has 151 valence electrons. The van der Waals surface area contributed by atoms with Crippen molar-refractivity contribution in [1.82, 2.24) is 0 Å². The molecule has 0 aliphatic carbocycles. The van der Waals surface area contributed by atoms with Gasteiger partial charge in [-0.1, -0.05) is 156 Å². The van der Waals surface area contributed by atoms with Gasteiger partial charge < -0.3 is 0 Å². The Hall–Kier alpha value is 0. The van der Waals surface area contributed by atoms with E-state index in [1.807, 2.05) is 0 Å². The van der Waals surface area contributed by atoms with Crippen molar-refractivity contribution in [3.8, 4) is 0 Å². The van der Waals surface area contributed by atoms with Crippen molar-refractivity contribution in [2.24, 2.45) is 5.92 Å². The van der Waals surface area contributed by atoms with Crippen molar-refractivity contribution in [3.63, 3.8) is 0 Å². The van der Waals surface area contributed by atoms with Gasteiger partial charge in [-0.3, -0.25) is 0 Å². The fraction of sp³-hybridized carbons (Fsp3) is 0.960. The average molecular weight is 352 g/mol. The third-order valence-corrected chi connectivity index (χ3v) is 5.53. The van der Waals surface area contributed by atoms with Crippen LogP contribution in [0.2, 0.25) is 0 Å². The maximum absolute atomic E-state index is 3.91. The van der Waals surface area contributed by atoms with Crippen LogP contribution in [0.25, 0.3) is 0 Å². The first-order chi connectivity index (χ1) is 12.3. The van der Waals surface area contributed by atoms with Crippen molar-refractivity contribution in [2.45, 2.75) is 149 Å². The van der Waals surface area contributed by atoms with E-state index in [1.54, 1.807) is 0 Å². The van der Waals surface area contributed by atoms with Gasteiger partial charge in [0.2, 0.25) is 0 Å². The molecule has 0 amide bonds. The van der Waals surface area contributed by atoms with E-state index in [2.05, 4.69) is 20.8 Å². The maximum Gasteiger partial charge on any atom is -0.0471 e. The fourth-order valence-electron chi connectivity index (χ4n) is 3.73. The van der Waals surface area contributed by atoms with Gasteiger partial charge >= 0.3 is 0 Å². The molecule has 0 rings (SSSR count). The summed E-state index contributed by atoms with van der Waals surface area (Å²) in [5.41, 5.74) is 0. The first-order valence-electron chi connectivity index (χ1n) is 12.1. The summed E-state index contributed by atoms with van der Waals surface area (Å²) >= 11 is 0. The fourth-order valence-corrected chi connectivity index (χ4v) is 3.73. The van der Waals surface area contributed by atoms with Crippen molar-refractivity contribution >= 4 is 0 Å². The Morgan fingerprint density at radius 2 is 0.640 bits per heavy atom. The van der Waals surface area contributed by atoms with Crippen molar-refractivity contribution in [1.29, 1.82) is 0 Å². The molecule has 0 nitrogen and oxygen atoms in total. The normalized spacial score (nSPS) is 11.5. The van der Waals surface area contributed by atoms with Gasteiger partial charge in [0.05, 0.1) is 0 Å². The second-order valence-electron chi connectivity index (χ2n) is 8.75. The van der Waals surface area contributed by atoms with E-state index < -0.39 is 0 Å². The number of rotatable bonds is 21. The molecule has 0 saturated heterocycles. The van der Waals surface area contributed by atoms with Gasteiger partial charge in [-0.15, -0.1) is 0 Å². The number of hydrogen-bond donors (Lipinski definition) is 0. The Morgan fingerprint density at radius 3 is 0.880 bits per heavy atom. The quantitative estimate of drug-likeness (QED) is 0.180. The molecule has 0 bridgehead atoms. The molecular formula is C25H51. The SMILES string of the molecule is [CH2]CCCCCCCCCCCCCCCCCCCCCC(C)C. The van der Waals surface area contributed by atoms with Gasteiger partial charge in [0.25, 0.3) is 0 Å². The average Bonchev–Trinajstić information content (AvgIpc) is 2.60. The van der Waals surface area contributed by atoms with Crippen LogP contribution in [0.5, 0.6) is 0 Å². The minimum absolute atomic E-state index is 0.897. The van der Waals surface area contributed by atoms with Gasteiger partial charge in [-0.05, 0) is 5.92 Å². The molecule has 0 heterocycles. The standard InChI is InChI=1S/C25H51/c1-4-5-6-7-8-9-10-11-12-13-14-15-16-17-18-19-20-21-22-23-24-25(2)3/h25H,1,4-24H2,2-3H3. The highest BCUT2D eigenvalue weighted by molar-refractivity contribution is 4.52. The summed E-state index contributed by atoms with van der Waals surface area (Å²) in [6, 6.07) is 0. The molecule has 25 heavy (non-hydrogen) atoms. The molecule has 0 aliphatic heterocycles. The summed E-state index contributed by atoms with van der Waals surface area (Å²) in [5.74, 6) is 0.897. The Kier molecular flexibility index (Phi) is 22.0. The second-order valence-corrected chi connectivity index (χ2v) is 8.75. The van der Waals surface area contributed by atoms with Gasteiger partial charge in [0.15, 0.2) is 0 Å². The third kappa shape index (κ3) is 24.0. The predicted octanol–water partition coefficient (Wildman–Crippen LogP) is 9.67. The van der Waals surface area contributed by atoms with Gasteiger partial charge in [-0.25, -0.2) is 0 Å². The molecule has 1 radical (unpaired) electrons. The van der Waals surface area contributed by atoms with E-state index in [-0.39, 0.29) is 0 Å². The molecular weight excluding hydrogens is 300 g/mol. The van der Waals surface area contributed by atoms with E-state index in [9.17, 15) is 0 Å². The van der Waals surface area contributed by atoms with E-state index in [1.165, 1.54) is 128 Å². The molecule has 0 saturated carbocycles. The molecule has 0 spiro atoms. The van der Waals surface area contributed by atoms with Crippen LogP contribution in [0.1, 0.15) is 149 Å². The zero-order chi connectivity index (χ0) is 18.4. The van der Waals surface area contributed by atoms with Gasteiger partial charge in [0, 0.05) is 0 Å². The summed E-state index contributed by atoms with van der Waals surface area (Å²) in [7, 11) is 0. The largest absolute Gasteiger partial charge is 0.0628 e. The first-order valence-corrected chi connectivity index (χ1v) is 12.1. The Labute approximate surface area is 161 Å². The molecule has 0 aromatic rings. The molecule has 0 aromatic carbocycles. The molecule has 0 fully saturated rings. The molecule has 0 N–H and O–H groups in total. The summed E-state index contributed by atoms with van der Waals surface area (Å²) < 4.78 is 0. The monoisotopic (exact) mass is 351 g/mol. The van der Waals surface area contributed by atoms with Crippen LogP contribution in [0.4, 0.5) is 0 Å². The highest BCUT2D eigenvalue weighted by Gasteiger charge is 1.96. The lowest BCUT2D eigenvalue weighted by atomic mass is 10.0. The Bertz CT molecular complexity index is 218. The summed E-state index contributed by atoms with van der Waals surface area (Å²) in [6.07, 6.45) is 30.3. The number of unbranched alkanes of at least 4 members (excludes halogenated alkanes) is 19. The summed E-state index contributed by atoms with van der Waals surface area (Å²) in [4.78, 5) is 0. The van der Waals surface area contributed by atoms with E-state index in [0.29, 0.717) is 0 Å². The summed E-state index contributed by atoms with van der Waals surface area (Å²) in [6.45, 7) is 8.59. The number of hydrogen-bond acceptors (Lipinski definition) is 0. The lowest BCUT2D eigenvalue weighted by molar-refractivity contribution is 0.501. The van der Waals surface area contributed by atoms with E-state index in [4.69, 9.17) is 0 Å². The topological polar surface area (TPSA) is 0 Å². The zero-order valence-corrected chi connectivity index (χ0v) is 18.1. The minimum atomic E-state index is 0.897. The maximum atomic E-state index is 3.91. The highest BCUT2D eigenvalue weighted by atomic mass is 14.0. The molecule has 0 atom stereocenters. The first kappa shape index (κ1) is 25.0. The Morgan fingerprint density at radius 1 is 0.400 bits per heavy atom. The van der Waals surface area contributed by atoms with Crippen LogP contribution in [0.3, 0.4) is 0 Å². The van der Waals surface area contributed by atoms with Crippen molar-refractivity contribution in [2.75, 3.05) is 0 Å². The molecule has 0 unspecified atom stereocenters. The van der Waals surface area contributed by atoms with E-state index in [0.717, 1.165) is 12.3 Å². The summed E-state index contributed by atoms with van der Waals surface area (Å²) in [5, 5.41) is 0. The van der Waals surface area contributed by atoms with E-state index >= 15 is 0 Å². The third-order valence-electron chi connectivity index (χ3n) is 5.53. The molecule has 0 aliphatic rings. The van der Waals surface area contributed by atoms with Crippen LogP contribution in [-0.2, 0) is 0 Å². The van der Waals surface area contributed by atoms with Crippen LogP contribution in [0.15, 0.2) is 0 Å². The van der Waals surface area contributed by atoms with Crippen LogP contribution < -0.4 is 0 Å². The lowest BCUT2D eigenvalue weighted by Crippen LogP contribution is -1.87. The Balaban J connectivity index is 2.96.